The molecule has 1 aromatic rings. The third-order valence-electron chi connectivity index (χ3n) is 4.86. The van der Waals surface area contributed by atoms with Crippen molar-refractivity contribution in [1.82, 2.24) is 15.1 Å². The van der Waals surface area contributed by atoms with Crippen LogP contribution in [0.1, 0.15) is 44.4 Å². The Morgan fingerprint density at radius 3 is 2.42 bits per heavy atom. The number of nitrogens with zero attached hydrogens (tertiary/aromatic N) is 3. The smallest absolute Gasteiger partial charge is 0.230 e. The molecular weight excluding hydrogens is 242 g/mol. The van der Waals surface area contributed by atoms with Crippen molar-refractivity contribution in [2.75, 3.05) is 13.1 Å². The Kier molecular flexibility index (Phi) is 2.67. The second-order valence-electron chi connectivity index (χ2n) is 6.50. The summed E-state index contributed by atoms with van der Waals surface area (Å²) in [5.74, 6) is 3.30. The van der Waals surface area contributed by atoms with Crippen molar-refractivity contribution in [2.24, 2.45) is 11.8 Å². The lowest BCUT2D eigenvalue weighted by molar-refractivity contribution is 0.0685. The molecule has 3 saturated heterocycles. The maximum Gasteiger partial charge on any atom is 0.230 e. The summed E-state index contributed by atoms with van der Waals surface area (Å²) >= 11 is 0. The summed E-state index contributed by atoms with van der Waals surface area (Å²) in [6.07, 6.45) is 3.57. The van der Waals surface area contributed by atoms with E-state index in [1.165, 1.54) is 12.8 Å². The van der Waals surface area contributed by atoms with Crippen molar-refractivity contribution in [3.63, 3.8) is 0 Å². The van der Waals surface area contributed by atoms with Gasteiger partial charge in [-0.2, -0.15) is 0 Å². The van der Waals surface area contributed by atoms with Gasteiger partial charge in [0.15, 0.2) is 0 Å². The van der Waals surface area contributed by atoms with Crippen LogP contribution in [-0.4, -0.2) is 40.4 Å². The van der Waals surface area contributed by atoms with E-state index in [0.717, 1.165) is 43.3 Å². The van der Waals surface area contributed by atoms with Crippen molar-refractivity contribution in [3.8, 4) is 0 Å². The monoisotopic (exact) mass is 263 g/mol. The van der Waals surface area contributed by atoms with Gasteiger partial charge in [-0.15, -0.1) is 10.2 Å². The Balaban J connectivity index is 1.42. The Bertz CT molecular complexity index is 455. The average Bonchev–Trinajstić information content (AvgIpc) is 3.10. The molecule has 3 aliphatic heterocycles. The third kappa shape index (κ3) is 1.91. The van der Waals surface area contributed by atoms with E-state index < -0.39 is 0 Å². The molecule has 5 heteroatoms. The zero-order valence-electron chi connectivity index (χ0n) is 11.6. The van der Waals surface area contributed by atoms with Gasteiger partial charge in [0.1, 0.15) is 0 Å². The van der Waals surface area contributed by atoms with E-state index in [2.05, 4.69) is 28.9 Å². The fourth-order valence-electron chi connectivity index (χ4n) is 3.93. The van der Waals surface area contributed by atoms with Crippen LogP contribution in [0.25, 0.3) is 0 Å². The van der Waals surface area contributed by atoms with E-state index in [-0.39, 0.29) is 0 Å². The molecule has 0 N–H and O–H groups in total. The summed E-state index contributed by atoms with van der Waals surface area (Å²) in [5.41, 5.74) is 0. The average molecular weight is 263 g/mol. The number of fused-ring (bicyclic) bond motifs is 5. The molecule has 4 heterocycles. The molecule has 3 fully saturated rings. The van der Waals surface area contributed by atoms with Gasteiger partial charge >= 0.3 is 0 Å². The van der Waals surface area contributed by atoms with Crippen molar-refractivity contribution < 1.29 is 9.15 Å². The number of rotatable bonds is 3. The highest BCUT2D eigenvalue weighted by atomic mass is 16.5. The van der Waals surface area contributed by atoms with Crippen LogP contribution < -0.4 is 0 Å². The van der Waals surface area contributed by atoms with Crippen LogP contribution in [0.15, 0.2) is 4.42 Å². The second kappa shape index (κ2) is 4.28. The Morgan fingerprint density at radius 2 is 1.84 bits per heavy atom. The van der Waals surface area contributed by atoms with Gasteiger partial charge in [0.25, 0.3) is 0 Å². The molecule has 19 heavy (non-hydrogen) atoms. The lowest BCUT2D eigenvalue weighted by atomic mass is 9.82. The van der Waals surface area contributed by atoms with Crippen LogP contribution in [0.4, 0.5) is 0 Å². The molecule has 4 rings (SSSR count). The Hall–Kier alpha value is -0.940. The number of aromatic nitrogens is 2. The van der Waals surface area contributed by atoms with Crippen LogP contribution in [0.5, 0.6) is 0 Å². The first-order valence-corrected chi connectivity index (χ1v) is 7.41. The normalized spacial score (nSPS) is 37.4. The van der Waals surface area contributed by atoms with Crippen molar-refractivity contribution in [3.05, 3.63) is 11.8 Å². The number of hydrogen-bond donors (Lipinski definition) is 0. The molecule has 0 amide bonds. The minimum Gasteiger partial charge on any atom is -0.424 e. The summed E-state index contributed by atoms with van der Waals surface area (Å²) in [4.78, 5) is 2.46. The highest BCUT2D eigenvalue weighted by molar-refractivity contribution is 5.02. The largest absolute Gasteiger partial charge is 0.424 e. The SMILES string of the molecule is CC(C)c1nnc(CN2C[C@@H]3[C@@H](C2)[C@H]2CC[C@H]3O2)o1. The van der Waals surface area contributed by atoms with Gasteiger partial charge in [0.05, 0.1) is 18.8 Å². The maximum absolute atomic E-state index is 6.00. The summed E-state index contributed by atoms with van der Waals surface area (Å²) < 4.78 is 11.7. The van der Waals surface area contributed by atoms with Crippen LogP contribution in [0.2, 0.25) is 0 Å². The van der Waals surface area contributed by atoms with Gasteiger partial charge in [-0.3, -0.25) is 4.90 Å². The molecule has 5 nitrogen and oxygen atoms in total. The third-order valence-corrected chi connectivity index (χ3v) is 4.86. The summed E-state index contributed by atoms with van der Waals surface area (Å²) in [6.45, 7) is 7.21. The van der Waals surface area contributed by atoms with Crippen LogP contribution in [0, 0.1) is 11.8 Å². The quantitative estimate of drug-likeness (QED) is 0.832. The van der Waals surface area contributed by atoms with E-state index in [0.29, 0.717) is 18.1 Å². The van der Waals surface area contributed by atoms with Gasteiger partial charge < -0.3 is 9.15 Å². The van der Waals surface area contributed by atoms with Gasteiger partial charge in [-0.25, -0.2) is 0 Å². The molecule has 0 spiro atoms. The van der Waals surface area contributed by atoms with Crippen LogP contribution >= 0.6 is 0 Å². The predicted molar refractivity (Wildman–Crippen MR) is 68.5 cm³/mol. The van der Waals surface area contributed by atoms with E-state index >= 15 is 0 Å². The van der Waals surface area contributed by atoms with Crippen molar-refractivity contribution in [2.45, 2.75) is 51.4 Å². The standard InChI is InChI=1S/C14H21N3O2/c1-8(2)14-16-15-13(19-14)7-17-5-9-10(6-17)12-4-3-11(9)18-12/h8-12H,3-7H2,1-2H3/t9-,10-,11-,12-/m1/s1. The van der Waals surface area contributed by atoms with Crippen LogP contribution in [-0.2, 0) is 11.3 Å². The first kappa shape index (κ1) is 11.9. The molecule has 1 aromatic heterocycles. The van der Waals surface area contributed by atoms with Crippen molar-refractivity contribution >= 4 is 0 Å². The summed E-state index contributed by atoms with van der Waals surface area (Å²) in [6, 6.07) is 0. The minimum atomic E-state index is 0.309. The molecular formula is C14H21N3O2. The van der Waals surface area contributed by atoms with E-state index in [1.807, 2.05) is 0 Å². The van der Waals surface area contributed by atoms with Gasteiger partial charge in [0.2, 0.25) is 11.8 Å². The zero-order valence-corrected chi connectivity index (χ0v) is 11.6. The van der Waals surface area contributed by atoms with Crippen molar-refractivity contribution in [1.29, 1.82) is 0 Å². The highest BCUT2D eigenvalue weighted by Crippen LogP contribution is 2.47. The molecule has 0 unspecified atom stereocenters. The Labute approximate surface area is 113 Å². The molecule has 104 valence electrons. The molecule has 4 atom stereocenters. The second-order valence-corrected chi connectivity index (χ2v) is 6.50. The van der Waals surface area contributed by atoms with Crippen LogP contribution in [0.3, 0.4) is 0 Å². The lowest BCUT2D eigenvalue weighted by Crippen LogP contribution is -2.24. The molecule has 0 aromatic carbocycles. The lowest BCUT2D eigenvalue weighted by Gasteiger charge is -2.18. The molecule has 0 aliphatic carbocycles. The Morgan fingerprint density at radius 1 is 1.16 bits per heavy atom. The van der Waals surface area contributed by atoms with E-state index in [9.17, 15) is 0 Å². The van der Waals surface area contributed by atoms with Gasteiger partial charge in [0, 0.05) is 30.8 Å². The first-order valence-electron chi connectivity index (χ1n) is 7.41. The molecule has 2 bridgehead atoms. The maximum atomic E-state index is 6.00. The summed E-state index contributed by atoms with van der Waals surface area (Å²) in [7, 11) is 0. The van der Waals surface area contributed by atoms with Gasteiger partial charge in [-0.1, -0.05) is 13.8 Å². The minimum absolute atomic E-state index is 0.309. The first-order chi connectivity index (χ1) is 9.20. The zero-order chi connectivity index (χ0) is 13.0. The molecule has 0 saturated carbocycles. The van der Waals surface area contributed by atoms with E-state index in [1.54, 1.807) is 0 Å². The fraction of sp³-hybridized carbons (Fsp3) is 0.857. The highest BCUT2D eigenvalue weighted by Gasteiger charge is 2.52. The topological polar surface area (TPSA) is 51.4 Å². The predicted octanol–water partition coefficient (Wildman–Crippen LogP) is 1.80. The van der Waals surface area contributed by atoms with E-state index in [4.69, 9.17) is 9.15 Å². The molecule has 3 aliphatic rings. The summed E-state index contributed by atoms with van der Waals surface area (Å²) in [5, 5.41) is 8.26. The number of ether oxygens (including phenoxy) is 1. The number of hydrogen-bond acceptors (Lipinski definition) is 5. The molecule has 0 radical (unpaired) electrons. The van der Waals surface area contributed by atoms with Gasteiger partial charge in [-0.05, 0) is 12.8 Å². The number of likely N-dealkylation sites (tertiary alicyclic amines) is 1. The fourth-order valence-corrected chi connectivity index (χ4v) is 3.93.